The molecule has 110 valence electrons. The first-order valence-corrected chi connectivity index (χ1v) is 7.40. The van der Waals surface area contributed by atoms with E-state index in [4.69, 9.17) is 5.11 Å². The minimum absolute atomic E-state index is 0.0210. The van der Waals surface area contributed by atoms with Crippen LogP contribution in [0, 0.1) is 0 Å². The highest BCUT2D eigenvalue weighted by Gasteiger charge is 2.29. The Bertz CT molecular complexity index is 292. The number of hydrogen-bond donors (Lipinski definition) is 2. The maximum atomic E-state index is 12.1. The Labute approximate surface area is 115 Å². The fourth-order valence-electron chi connectivity index (χ4n) is 2.50. The van der Waals surface area contributed by atoms with E-state index in [1.54, 1.807) is 4.90 Å². The molecule has 1 aliphatic heterocycles. The third-order valence-electron chi connectivity index (χ3n) is 3.61. The molecule has 1 aliphatic rings. The van der Waals surface area contributed by atoms with Crippen LogP contribution in [0.4, 0.5) is 0 Å². The summed E-state index contributed by atoms with van der Waals surface area (Å²) in [5.74, 6) is -0.935. The van der Waals surface area contributed by atoms with E-state index in [-0.39, 0.29) is 12.6 Å². The maximum Gasteiger partial charge on any atom is 0.312 e. The van der Waals surface area contributed by atoms with E-state index in [0.29, 0.717) is 19.5 Å². The zero-order chi connectivity index (χ0) is 14.1. The molecule has 0 bridgehead atoms. The summed E-state index contributed by atoms with van der Waals surface area (Å²) in [7, 11) is 0. The number of unbranched alkanes of at least 4 members (excludes halogenated alkanes) is 2. The van der Waals surface area contributed by atoms with Crippen LogP contribution in [0.2, 0.25) is 0 Å². The molecule has 5 heteroatoms. The lowest BCUT2D eigenvalue weighted by atomic mass is 9.99. The number of piperidine rings is 1. The van der Waals surface area contributed by atoms with Gasteiger partial charge in [-0.1, -0.05) is 19.8 Å². The van der Waals surface area contributed by atoms with Crippen LogP contribution in [-0.4, -0.2) is 47.6 Å². The summed E-state index contributed by atoms with van der Waals surface area (Å²) in [4.78, 5) is 25.5. The third kappa shape index (κ3) is 5.19. The van der Waals surface area contributed by atoms with Crippen molar-refractivity contribution in [3.63, 3.8) is 0 Å². The van der Waals surface area contributed by atoms with Gasteiger partial charge in [-0.15, -0.1) is 0 Å². The third-order valence-corrected chi connectivity index (χ3v) is 3.61. The summed E-state index contributed by atoms with van der Waals surface area (Å²) in [5.41, 5.74) is 0. The molecule has 1 rings (SSSR count). The molecular formula is C14H26N2O3. The van der Waals surface area contributed by atoms with E-state index in [1.165, 1.54) is 0 Å². The van der Waals surface area contributed by atoms with Crippen molar-refractivity contribution in [2.75, 3.05) is 19.7 Å². The van der Waals surface area contributed by atoms with Crippen molar-refractivity contribution >= 4 is 11.8 Å². The van der Waals surface area contributed by atoms with E-state index in [9.17, 15) is 9.59 Å². The molecule has 5 nitrogen and oxygen atoms in total. The Morgan fingerprint density at radius 3 is 2.79 bits per heavy atom. The number of aliphatic hydroxyl groups is 1. The molecule has 1 saturated heterocycles. The minimum Gasteiger partial charge on any atom is -0.396 e. The average molecular weight is 270 g/mol. The second-order valence-corrected chi connectivity index (χ2v) is 5.12. The van der Waals surface area contributed by atoms with Crippen molar-refractivity contribution in [3.05, 3.63) is 0 Å². The van der Waals surface area contributed by atoms with E-state index >= 15 is 0 Å². The van der Waals surface area contributed by atoms with E-state index in [0.717, 1.165) is 38.5 Å². The summed E-state index contributed by atoms with van der Waals surface area (Å²) in [6, 6.07) is 0.0210. The lowest BCUT2D eigenvalue weighted by Crippen LogP contribution is -2.50. The monoisotopic (exact) mass is 270 g/mol. The summed E-state index contributed by atoms with van der Waals surface area (Å²) >= 11 is 0. The molecule has 0 spiro atoms. The van der Waals surface area contributed by atoms with Gasteiger partial charge in [0.25, 0.3) is 0 Å². The highest BCUT2D eigenvalue weighted by Crippen LogP contribution is 2.19. The number of amides is 2. The van der Waals surface area contributed by atoms with Gasteiger partial charge in [-0.3, -0.25) is 9.59 Å². The molecule has 1 fully saturated rings. The van der Waals surface area contributed by atoms with Crippen LogP contribution in [0.25, 0.3) is 0 Å². The van der Waals surface area contributed by atoms with Gasteiger partial charge in [0.05, 0.1) is 0 Å². The smallest absolute Gasteiger partial charge is 0.312 e. The number of hydrogen-bond acceptors (Lipinski definition) is 3. The highest BCUT2D eigenvalue weighted by molar-refractivity contribution is 6.35. The molecule has 1 unspecified atom stereocenters. The molecule has 2 N–H and O–H groups in total. The fraction of sp³-hybridized carbons (Fsp3) is 0.857. The number of carbonyl (C=O) groups excluding carboxylic acids is 2. The van der Waals surface area contributed by atoms with Gasteiger partial charge in [-0.2, -0.15) is 0 Å². The summed E-state index contributed by atoms with van der Waals surface area (Å²) in [5, 5.41) is 11.7. The van der Waals surface area contributed by atoms with Crippen LogP contribution in [0.15, 0.2) is 0 Å². The molecule has 0 aromatic rings. The second-order valence-electron chi connectivity index (χ2n) is 5.12. The van der Waals surface area contributed by atoms with Crippen molar-refractivity contribution in [3.8, 4) is 0 Å². The van der Waals surface area contributed by atoms with Gasteiger partial charge in [0.2, 0.25) is 0 Å². The Morgan fingerprint density at radius 1 is 1.32 bits per heavy atom. The summed E-state index contributed by atoms with van der Waals surface area (Å²) in [6.07, 6.45) is 6.52. The number of nitrogens with one attached hydrogen (secondary N) is 1. The molecule has 0 aromatic carbocycles. The molecule has 0 aromatic heterocycles. The first-order valence-electron chi connectivity index (χ1n) is 7.40. The van der Waals surface area contributed by atoms with Gasteiger partial charge in [0, 0.05) is 25.7 Å². The van der Waals surface area contributed by atoms with Gasteiger partial charge >= 0.3 is 11.8 Å². The maximum absolute atomic E-state index is 12.1. The van der Waals surface area contributed by atoms with Crippen LogP contribution in [0.3, 0.4) is 0 Å². The SMILES string of the molecule is CCCCCNC(=O)C(=O)N1CCCCC1CCO. The van der Waals surface area contributed by atoms with Crippen LogP contribution < -0.4 is 5.32 Å². The van der Waals surface area contributed by atoms with E-state index in [1.807, 2.05) is 0 Å². The van der Waals surface area contributed by atoms with E-state index in [2.05, 4.69) is 12.2 Å². The molecule has 0 saturated carbocycles. The fourth-order valence-corrected chi connectivity index (χ4v) is 2.50. The molecule has 0 aliphatic carbocycles. The number of likely N-dealkylation sites (tertiary alicyclic amines) is 1. The Morgan fingerprint density at radius 2 is 2.11 bits per heavy atom. The zero-order valence-corrected chi connectivity index (χ0v) is 11.9. The molecular weight excluding hydrogens is 244 g/mol. The van der Waals surface area contributed by atoms with Gasteiger partial charge in [0.15, 0.2) is 0 Å². The first-order chi connectivity index (χ1) is 9.20. The number of nitrogens with zero attached hydrogens (tertiary/aromatic N) is 1. The minimum atomic E-state index is -0.499. The quantitative estimate of drug-likeness (QED) is 0.560. The predicted molar refractivity (Wildman–Crippen MR) is 73.6 cm³/mol. The number of carbonyl (C=O) groups is 2. The number of aliphatic hydroxyl groups excluding tert-OH is 1. The Hall–Kier alpha value is -1.10. The normalized spacial score (nSPS) is 19.3. The molecule has 1 heterocycles. The van der Waals surface area contributed by atoms with Crippen LogP contribution in [-0.2, 0) is 9.59 Å². The van der Waals surface area contributed by atoms with Crippen molar-refractivity contribution in [2.45, 2.75) is 57.9 Å². The van der Waals surface area contributed by atoms with Gasteiger partial charge < -0.3 is 15.3 Å². The average Bonchev–Trinajstić information content (AvgIpc) is 2.43. The van der Waals surface area contributed by atoms with Crippen LogP contribution >= 0.6 is 0 Å². The first kappa shape index (κ1) is 16.0. The van der Waals surface area contributed by atoms with Crippen molar-refractivity contribution in [1.29, 1.82) is 0 Å². The molecule has 1 atom stereocenters. The zero-order valence-electron chi connectivity index (χ0n) is 11.9. The summed E-state index contributed by atoms with van der Waals surface area (Å²) in [6.45, 7) is 3.36. The van der Waals surface area contributed by atoms with E-state index < -0.39 is 11.8 Å². The predicted octanol–water partition coefficient (Wildman–Crippen LogP) is 1.06. The standard InChI is InChI=1S/C14H26N2O3/c1-2-3-5-9-15-13(18)14(19)16-10-6-4-7-12(16)8-11-17/h12,17H,2-11H2,1H3,(H,15,18). The Balaban J connectivity index is 2.42. The van der Waals surface area contributed by atoms with Crippen molar-refractivity contribution < 1.29 is 14.7 Å². The largest absolute Gasteiger partial charge is 0.396 e. The van der Waals surface area contributed by atoms with Gasteiger partial charge in [-0.25, -0.2) is 0 Å². The second kappa shape index (κ2) is 8.91. The molecule has 19 heavy (non-hydrogen) atoms. The highest BCUT2D eigenvalue weighted by atomic mass is 16.3. The lowest BCUT2D eigenvalue weighted by molar-refractivity contribution is -0.148. The van der Waals surface area contributed by atoms with Crippen LogP contribution in [0.1, 0.15) is 51.9 Å². The number of rotatable bonds is 6. The van der Waals surface area contributed by atoms with Gasteiger partial charge in [-0.05, 0) is 32.1 Å². The summed E-state index contributed by atoms with van der Waals surface area (Å²) < 4.78 is 0. The lowest BCUT2D eigenvalue weighted by Gasteiger charge is -2.35. The molecule has 0 radical (unpaired) electrons. The molecule has 2 amide bonds. The van der Waals surface area contributed by atoms with Gasteiger partial charge in [0.1, 0.15) is 0 Å². The Kier molecular flexibility index (Phi) is 7.48. The van der Waals surface area contributed by atoms with Crippen LogP contribution in [0.5, 0.6) is 0 Å². The van der Waals surface area contributed by atoms with Crippen molar-refractivity contribution in [2.24, 2.45) is 0 Å². The topological polar surface area (TPSA) is 69.6 Å². The van der Waals surface area contributed by atoms with Crippen molar-refractivity contribution in [1.82, 2.24) is 10.2 Å².